The summed E-state index contributed by atoms with van der Waals surface area (Å²) in [5, 5.41) is 0. The third kappa shape index (κ3) is 0.963. The van der Waals surface area contributed by atoms with E-state index in [1.807, 2.05) is 18.2 Å². The van der Waals surface area contributed by atoms with Crippen molar-refractivity contribution in [2.75, 3.05) is 0 Å². The second-order valence-electron chi connectivity index (χ2n) is 6.24. The van der Waals surface area contributed by atoms with E-state index in [-0.39, 0.29) is 10.7 Å². The molecule has 0 aromatic heterocycles. The maximum Gasteiger partial charge on any atom is 0.186 e. The van der Waals surface area contributed by atoms with E-state index in [0.29, 0.717) is 28.6 Å². The zero-order valence-electron chi connectivity index (χ0n) is 10.1. The smallest absolute Gasteiger partial charge is 0.186 e. The van der Waals surface area contributed by atoms with E-state index in [1.165, 1.54) is 0 Å². The normalized spacial score (nSPS) is 51.8. The van der Waals surface area contributed by atoms with Crippen LogP contribution < -0.4 is 0 Å². The molecule has 0 aliphatic heterocycles. The number of halogens is 1. The van der Waals surface area contributed by atoms with Crippen LogP contribution in [-0.2, 0) is 9.84 Å². The Morgan fingerprint density at radius 2 is 1.68 bits per heavy atom. The van der Waals surface area contributed by atoms with Crippen LogP contribution in [-0.4, -0.2) is 18.0 Å². The van der Waals surface area contributed by atoms with Crippen LogP contribution in [0.2, 0.25) is 0 Å². The third-order valence-corrected chi connectivity index (χ3v) is 9.76. The zero-order valence-corrected chi connectivity index (χ0v) is 12.5. The number of rotatable bonds is 2. The number of hydrogen-bond donors (Lipinski definition) is 0. The molecular formula is C15H13BrO2S. The lowest BCUT2D eigenvalue weighted by Crippen LogP contribution is -2.47. The molecule has 1 aromatic rings. The van der Waals surface area contributed by atoms with Crippen LogP contribution in [0.5, 0.6) is 0 Å². The van der Waals surface area contributed by atoms with Crippen molar-refractivity contribution in [2.45, 2.75) is 14.5 Å². The van der Waals surface area contributed by atoms with E-state index in [1.54, 1.807) is 12.1 Å². The SMILES string of the molecule is O=S(=O)(c1ccccc1)[C@]12C3[C@H]4C([C@H]34)[C@H]1C=C[C@H]2Br. The Kier molecular flexibility index (Phi) is 1.76. The maximum absolute atomic E-state index is 13.2. The molecule has 4 heteroatoms. The fraction of sp³-hybridized carbons (Fsp3) is 0.467. The van der Waals surface area contributed by atoms with E-state index in [9.17, 15) is 8.42 Å². The first kappa shape index (κ1) is 11.1. The van der Waals surface area contributed by atoms with Crippen LogP contribution in [0, 0.1) is 29.6 Å². The molecule has 0 amide bonds. The first-order valence-electron chi connectivity index (χ1n) is 6.74. The molecule has 6 rings (SSSR count). The topological polar surface area (TPSA) is 34.1 Å². The minimum atomic E-state index is -3.28. The summed E-state index contributed by atoms with van der Waals surface area (Å²) < 4.78 is 25.9. The highest BCUT2D eigenvalue weighted by molar-refractivity contribution is 9.09. The minimum absolute atomic E-state index is 0.0276. The van der Waals surface area contributed by atoms with Gasteiger partial charge in [-0.25, -0.2) is 8.42 Å². The molecule has 0 spiro atoms. The number of sulfone groups is 1. The van der Waals surface area contributed by atoms with Crippen molar-refractivity contribution in [3.63, 3.8) is 0 Å². The molecule has 0 radical (unpaired) electrons. The fourth-order valence-electron chi connectivity index (χ4n) is 5.01. The molecule has 98 valence electrons. The van der Waals surface area contributed by atoms with Crippen LogP contribution in [0.25, 0.3) is 0 Å². The van der Waals surface area contributed by atoms with Crippen molar-refractivity contribution in [1.82, 2.24) is 0 Å². The first-order valence-corrected chi connectivity index (χ1v) is 9.14. The molecule has 5 aliphatic rings. The molecule has 4 saturated carbocycles. The van der Waals surface area contributed by atoms with E-state index in [0.717, 1.165) is 0 Å². The average molecular weight is 337 g/mol. The van der Waals surface area contributed by atoms with E-state index < -0.39 is 14.6 Å². The predicted octanol–water partition coefficient (Wildman–Crippen LogP) is 2.65. The Bertz CT molecular complexity index is 701. The minimum Gasteiger partial charge on any atom is -0.223 e. The lowest BCUT2D eigenvalue weighted by atomic mass is 9.98. The van der Waals surface area contributed by atoms with Crippen molar-refractivity contribution in [3.8, 4) is 0 Å². The Morgan fingerprint density at radius 1 is 1.00 bits per heavy atom. The average Bonchev–Trinajstić information content (AvgIpc) is 3.20. The van der Waals surface area contributed by atoms with Gasteiger partial charge in [0.2, 0.25) is 0 Å². The van der Waals surface area contributed by atoms with Crippen LogP contribution >= 0.6 is 15.9 Å². The molecule has 0 saturated heterocycles. The lowest BCUT2D eigenvalue weighted by Gasteiger charge is -2.33. The summed E-state index contributed by atoms with van der Waals surface area (Å²) in [7, 11) is -3.28. The molecule has 1 aromatic carbocycles. The molecule has 4 fully saturated rings. The quantitative estimate of drug-likeness (QED) is 0.614. The number of benzene rings is 1. The molecule has 0 N–H and O–H groups in total. The van der Waals surface area contributed by atoms with Gasteiger partial charge in [0.05, 0.1) is 9.72 Å². The fourth-order valence-corrected chi connectivity index (χ4v) is 9.10. The molecule has 5 aliphatic carbocycles. The molecule has 19 heavy (non-hydrogen) atoms. The van der Waals surface area contributed by atoms with Crippen LogP contribution in [0.4, 0.5) is 0 Å². The van der Waals surface area contributed by atoms with Crippen molar-refractivity contribution in [1.29, 1.82) is 0 Å². The number of hydrogen-bond acceptors (Lipinski definition) is 2. The van der Waals surface area contributed by atoms with Crippen molar-refractivity contribution in [3.05, 3.63) is 42.5 Å². The van der Waals surface area contributed by atoms with Gasteiger partial charge in [0, 0.05) is 5.92 Å². The second kappa shape index (κ2) is 3.01. The second-order valence-corrected chi connectivity index (χ2v) is 9.41. The first-order chi connectivity index (χ1) is 9.12. The monoisotopic (exact) mass is 336 g/mol. The lowest BCUT2D eigenvalue weighted by molar-refractivity contribution is 0.476. The standard InChI is InChI=1S/C15H13BrO2S/c16-10-7-6-9-11-12-13(11)14(12)15(9,10)19(17,18)8-4-2-1-3-5-8/h1-7,9-14H/t9-,10-,11?,12+,13+,14?,15-/m1/s1. The van der Waals surface area contributed by atoms with E-state index in [4.69, 9.17) is 0 Å². The van der Waals surface area contributed by atoms with Gasteiger partial charge in [-0.05, 0) is 35.8 Å². The summed E-state index contributed by atoms with van der Waals surface area (Å²) in [6, 6.07) is 8.98. The Morgan fingerprint density at radius 3 is 2.37 bits per heavy atom. The van der Waals surface area contributed by atoms with Crippen molar-refractivity contribution in [2.24, 2.45) is 29.6 Å². The van der Waals surface area contributed by atoms with Crippen LogP contribution in [0.3, 0.4) is 0 Å². The number of alkyl halides is 1. The molecule has 5 atom stereocenters. The van der Waals surface area contributed by atoms with Crippen LogP contribution in [0.15, 0.2) is 47.4 Å². The van der Waals surface area contributed by atoms with Gasteiger partial charge in [0.15, 0.2) is 9.84 Å². The maximum atomic E-state index is 13.2. The molecule has 2 bridgehead atoms. The molecule has 2 nitrogen and oxygen atoms in total. The predicted molar refractivity (Wildman–Crippen MR) is 75.7 cm³/mol. The summed E-state index contributed by atoms with van der Waals surface area (Å²) in [5.74, 6) is 2.69. The highest BCUT2D eigenvalue weighted by Gasteiger charge is 2.93. The summed E-state index contributed by atoms with van der Waals surface area (Å²) in [6.45, 7) is 0. The molecular weight excluding hydrogens is 324 g/mol. The van der Waals surface area contributed by atoms with Gasteiger partial charge >= 0.3 is 0 Å². The van der Waals surface area contributed by atoms with Gasteiger partial charge in [0.25, 0.3) is 0 Å². The number of allylic oxidation sites excluding steroid dienone is 2. The van der Waals surface area contributed by atoms with Crippen LogP contribution in [0.1, 0.15) is 0 Å². The summed E-state index contributed by atoms with van der Waals surface area (Å²) >= 11 is 3.65. The highest BCUT2D eigenvalue weighted by Crippen LogP contribution is 2.90. The Hall–Kier alpha value is -0.610. The van der Waals surface area contributed by atoms with Gasteiger partial charge in [-0.1, -0.05) is 46.3 Å². The summed E-state index contributed by atoms with van der Waals surface area (Å²) in [6.07, 6.45) is 4.22. The van der Waals surface area contributed by atoms with E-state index in [2.05, 4.69) is 28.1 Å². The highest BCUT2D eigenvalue weighted by atomic mass is 79.9. The van der Waals surface area contributed by atoms with Gasteiger partial charge in [-0.15, -0.1) is 0 Å². The van der Waals surface area contributed by atoms with Crippen molar-refractivity contribution < 1.29 is 8.42 Å². The zero-order chi connectivity index (χ0) is 13.0. The van der Waals surface area contributed by atoms with Gasteiger partial charge in [0.1, 0.15) is 4.75 Å². The van der Waals surface area contributed by atoms with Gasteiger partial charge in [-0.3, -0.25) is 0 Å². The van der Waals surface area contributed by atoms with Gasteiger partial charge < -0.3 is 0 Å². The third-order valence-electron chi connectivity index (χ3n) is 5.77. The summed E-state index contributed by atoms with van der Waals surface area (Å²) in [5.41, 5.74) is 0. The Labute approximate surface area is 120 Å². The largest absolute Gasteiger partial charge is 0.223 e. The molecule has 0 unspecified atom stereocenters. The van der Waals surface area contributed by atoms with E-state index >= 15 is 0 Å². The molecule has 0 heterocycles. The summed E-state index contributed by atoms with van der Waals surface area (Å²) in [4.78, 5) is 0.459. The van der Waals surface area contributed by atoms with Crippen molar-refractivity contribution >= 4 is 25.8 Å². The Balaban J connectivity index is 1.74. The van der Waals surface area contributed by atoms with Gasteiger partial charge in [-0.2, -0.15) is 0 Å².